The van der Waals surface area contributed by atoms with Gasteiger partial charge >= 0.3 is 156 Å². The molecule has 0 aliphatic rings. The monoisotopic (exact) mass is 470 g/mol. The zero-order valence-corrected chi connectivity index (χ0v) is 21.1. The van der Waals surface area contributed by atoms with Crippen LogP contribution in [-0.2, 0) is 13.6 Å². The van der Waals surface area contributed by atoms with Gasteiger partial charge in [-0.1, -0.05) is 0 Å². The summed E-state index contributed by atoms with van der Waals surface area (Å²) in [5, 5.41) is 0. The van der Waals surface area contributed by atoms with Crippen LogP contribution in [0.15, 0.2) is 0 Å². The van der Waals surface area contributed by atoms with Gasteiger partial charge in [0.15, 0.2) is 0 Å². The second-order valence-electron chi connectivity index (χ2n) is 7.89. The zero-order valence-electron chi connectivity index (χ0n) is 17.4. The summed E-state index contributed by atoms with van der Waals surface area (Å²) in [6.45, 7) is 14.7. The average molecular weight is 469 g/mol. The summed E-state index contributed by atoms with van der Waals surface area (Å²) >= 11 is -2.53. The van der Waals surface area contributed by atoms with E-state index in [2.05, 4.69) is 20.8 Å². The number of unbranched alkanes of at least 4 members (excludes halogenated alkanes) is 3. The van der Waals surface area contributed by atoms with Crippen LogP contribution in [0.3, 0.4) is 0 Å². The third kappa shape index (κ3) is 10.8. The second-order valence-corrected chi connectivity index (χ2v) is 25.4. The van der Waals surface area contributed by atoms with Crippen LogP contribution < -0.4 is 0 Å². The van der Waals surface area contributed by atoms with Crippen molar-refractivity contribution in [2.24, 2.45) is 0 Å². The number of rotatable bonds is 15. The van der Waals surface area contributed by atoms with Crippen LogP contribution in [0, 0.1) is 0 Å². The minimum atomic E-state index is -2.98. The van der Waals surface area contributed by atoms with E-state index in [-0.39, 0.29) is 12.2 Å². The normalized spacial score (nSPS) is 13.2. The summed E-state index contributed by atoms with van der Waals surface area (Å²) in [5.41, 5.74) is 0. The molecule has 0 heterocycles. The molecule has 0 N–H and O–H groups in total. The Labute approximate surface area is 156 Å². The van der Waals surface area contributed by atoms with Crippen LogP contribution in [0.25, 0.3) is 0 Å². The van der Waals surface area contributed by atoms with Crippen LogP contribution in [0.1, 0.15) is 87.0 Å². The quantitative estimate of drug-likeness (QED) is 0.185. The van der Waals surface area contributed by atoms with Gasteiger partial charge in [-0.15, -0.1) is 0 Å². The SMILES string of the molecule is CCC[CH2][Sn]([CH2]CCC)([CH2]CCC)[CH2]P(=O)(OC(C)C)OC(C)C. The van der Waals surface area contributed by atoms with Crippen molar-refractivity contribution in [1.29, 1.82) is 0 Å². The van der Waals surface area contributed by atoms with Gasteiger partial charge in [-0.25, -0.2) is 0 Å². The topological polar surface area (TPSA) is 35.5 Å². The first-order valence-corrected chi connectivity index (χ1v) is 20.0. The summed E-state index contributed by atoms with van der Waals surface area (Å²) in [6.07, 6.45) is 7.47. The molecule has 0 rings (SSSR count). The van der Waals surface area contributed by atoms with Crippen molar-refractivity contribution >= 4 is 26.0 Å². The third-order valence-corrected chi connectivity index (χ3v) is 28.2. The molecule has 0 aromatic carbocycles. The third-order valence-electron chi connectivity index (χ3n) is 4.45. The molecule has 0 radical (unpaired) electrons. The van der Waals surface area contributed by atoms with E-state index in [9.17, 15) is 4.57 Å². The molecule has 0 aliphatic carbocycles. The van der Waals surface area contributed by atoms with Gasteiger partial charge < -0.3 is 0 Å². The second kappa shape index (κ2) is 13.2. The van der Waals surface area contributed by atoms with Crippen molar-refractivity contribution in [2.75, 3.05) is 4.18 Å². The first-order valence-electron chi connectivity index (χ1n) is 10.2. The summed E-state index contributed by atoms with van der Waals surface area (Å²) < 4.78 is 30.2. The van der Waals surface area contributed by atoms with E-state index < -0.39 is 26.0 Å². The predicted octanol–water partition coefficient (Wildman–Crippen LogP) is 7.42. The zero-order chi connectivity index (χ0) is 18.6. The summed E-state index contributed by atoms with van der Waals surface area (Å²) in [4.78, 5) is 0. The Kier molecular flexibility index (Phi) is 13.7. The van der Waals surface area contributed by atoms with Gasteiger partial charge in [0.2, 0.25) is 0 Å². The van der Waals surface area contributed by atoms with Gasteiger partial charge in [-0.3, -0.25) is 0 Å². The molecule has 0 spiro atoms. The van der Waals surface area contributed by atoms with Crippen molar-refractivity contribution < 1.29 is 13.6 Å². The van der Waals surface area contributed by atoms with E-state index in [1.54, 1.807) is 0 Å². The Bertz CT molecular complexity index is 323. The molecule has 3 nitrogen and oxygen atoms in total. The van der Waals surface area contributed by atoms with Gasteiger partial charge in [-0.2, -0.15) is 0 Å². The van der Waals surface area contributed by atoms with Crippen LogP contribution in [0.2, 0.25) is 13.3 Å². The van der Waals surface area contributed by atoms with E-state index in [0.29, 0.717) is 0 Å². The van der Waals surface area contributed by atoms with Crippen molar-refractivity contribution in [1.82, 2.24) is 0 Å². The van der Waals surface area contributed by atoms with Gasteiger partial charge in [-0.05, 0) is 0 Å². The Morgan fingerprint density at radius 1 is 0.750 bits per heavy atom. The molecular weight excluding hydrogens is 426 g/mol. The molecular formula is C19H43O3PSn. The molecule has 0 aromatic rings. The molecule has 0 amide bonds. The molecule has 0 bridgehead atoms. The number of hydrogen-bond acceptors (Lipinski definition) is 3. The Balaban J connectivity index is 5.46. The maximum absolute atomic E-state index is 13.5. The molecule has 0 aromatic heterocycles. The van der Waals surface area contributed by atoms with Crippen LogP contribution in [0.4, 0.5) is 0 Å². The molecule has 146 valence electrons. The minimum absolute atomic E-state index is 0.0397. The first kappa shape index (κ1) is 24.9. The van der Waals surface area contributed by atoms with E-state index in [0.717, 1.165) is 4.18 Å². The fourth-order valence-electron chi connectivity index (χ4n) is 3.42. The first-order chi connectivity index (χ1) is 11.2. The van der Waals surface area contributed by atoms with Gasteiger partial charge in [0, 0.05) is 0 Å². The molecule has 0 unspecified atom stereocenters. The van der Waals surface area contributed by atoms with Gasteiger partial charge in [0.05, 0.1) is 0 Å². The Morgan fingerprint density at radius 3 is 1.33 bits per heavy atom. The average Bonchev–Trinajstić information content (AvgIpc) is 2.46. The molecule has 0 saturated carbocycles. The van der Waals surface area contributed by atoms with E-state index in [1.807, 2.05) is 27.7 Å². The summed E-state index contributed by atoms with van der Waals surface area (Å²) in [5.74, 6) is 0. The van der Waals surface area contributed by atoms with Gasteiger partial charge in [0.25, 0.3) is 0 Å². The molecule has 0 fully saturated rings. The van der Waals surface area contributed by atoms with E-state index in [1.165, 1.54) is 51.8 Å². The van der Waals surface area contributed by atoms with Crippen LogP contribution in [-0.4, -0.2) is 34.8 Å². The van der Waals surface area contributed by atoms with Crippen molar-refractivity contribution in [3.63, 3.8) is 0 Å². The molecule has 5 heteroatoms. The van der Waals surface area contributed by atoms with E-state index >= 15 is 0 Å². The molecule has 0 saturated heterocycles. The summed E-state index contributed by atoms with van der Waals surface area (Å²) in [6, 6.07) is 0. The number of hydrogen-bond donors (Lipinski definition) is 0. The predicted molar refractivity (Wildman–Crippen MR) is 110 cm³/mol. The standard InChI is InChI=1S/C7H16O3P.3C4H9.Sn/c1-6(2)9-11(5,8)10-7(3)4;3*1-3-4-2;/h6-7H,5H2,1-4H3;3*1,3-4H2,2H3;. The summed E-state index contributed by atoms with van der Waals surface area (Å²) in [7, 11) is -2.98. The molecule has 0 atom stereocenters. The Morgan fingerprint density at radius 2 is 1.08 bits per heavy atom. The van der Waals surface area contributed by atoms with Crippen molar-refractivity contribution in [3.8, 4) is 0 Å². The van der Waals surface area contributed by atoms with Gasteiger partial charge in [0.1, 0.15) is 0 Å². The van der Waals surface area contributed by atoms with Crippen molar-refractivity contribution in [2.45, 2.75) is 113 Å². The maximum atomic E-state index is 13.5. The van der Waals surface area contributed by atoms with E-state index in [4.69, 9.17) is 9.05 Å². The van der Waals surface area contributed by atoms with Crippen molar-refractivity contribution in [3.05, 3.63) is 0 Å². The van der Waals surface area contributed by atoms with Crippen LogP contribution >= 0.6 is 7.60 Å². The molecule has 24 heavy (non-hydrogen) atoms. The fourth-order valence-corrected chi connectivity index (χ4v) is 30.2. The fraction of sp³-hybridized carbons (Fsp3) is 1.00. The molecule has 0 aliphatic heterocycles. The Hall–Kier alpha value is 0.949. The van der Waals surface area contributed by atoms with Crippen LogP contribution in [0.5, 0.6) is 0 Å².